The molecule has 81 heavy (non-hydrogen) atoms. The molecular formula is C45H76O36. The van der Waals surface area contributed by atoms with Gasteiger partial charge in [0, 0.05) is 0 Å². The maximum atomic E-state index is 11.9. The summed E-state index contributed by atoms with van der Waals surface area (Å²) < 4.78 is 86.4. The largest absolute Gasteiger partial charge is 0.394 e. The average molecular weight is 1190 g/mol. The zero-order valence-electron chi connectivity index (χ0n) is 43.0. The summed E-state index contributed by atoms with van der Waals surface area (Å²) in [6.45, 7) is -6.61. The Kier molecular flexibility index (Phi) is 22.8. The minimum absolute atomic E-state index is 0.568. The third kappa shape index (κ3) is 13.4. The third-order valence-electron chi connectivity index (χ3n) is 15.3. The van der Waals surface area contributed by atoms with Crippen molar-refractivity contribution in [1.29, 1.82) is 0 Å². The summed E-state index contributed by atoms with van der Waals surface area (Å²) >= 11 is 0. The van der Waals surface area contributed by atoms with Crippen molar-refractivity contribution >= 4 is 0 Å². The average Bonchev–Trinajstić information content (AvgIpc) is 3.66. The normalized spacial score (nSPS) is 53.6. The molecule has 0 aromatic heterocycles. The Bertz CT molecular complexity index is 1910. The minimum Gasteiger partial charge on any atom is -0.394 e. The molecule has 21 N–H and O–H groups in total. The van der Waals surface area contributed by atoms with Crippen molar-refractivity contribution in [2.75, 3.05) is 52.9 Å². The van der Waals surface area contributed by atoms with Crippen LogP contribution in [-0.4, -0.2) is 381 Å². The summed E-state index contributed by atoms with van der Waals surface area (Å²) in [4.78, 5) is 0. The Hall–Kier alpha value is -1.44. The van der Waals surface area contributed by atoms with Crippen LogP contribution in [-0.2, 0) is 71.1 Å². The summed E-state index contributed by atoms with van der Waals surface area (Å²) in [5.74, 6) is 0. The quantitative estimate of drug-likeness (QED) is 0.0966. The highest BCUT2D eigenvalue weighted by Gasteiger charge is 2.60. The van der Waals surface area contributed by atoms with E-state index in [-0.39, 0.29) is 0 Å². The first kappa shape index (κ1) is 65.5. The predicted molar refractivity (Wildman–Crippen MR) is 244 cm³/mol. The van der Waals surface area contributed by atoms with E-state index in [9.17, 15) is 107 Å². The van der Waals surface area contributed by atoms with Gasteiger partial charge in [-0.1, -0.05) is 0 Å². The molecule has 472 valence electrons. The van der Waals surface area contributed by atoms with Crippen molar-refractivity contribution in [3.63, 3.8) is 0 Å². The molecule has 36 heteroatoms. The first-order chi connectivity index (χ1) is 38.5. The van der Waals surface area contributed by atoms with Crippen molar-refractivity contribution in [1.82, 2.24) is 0 Å². The fraction of sp³-hybridized carbons (Fsp3) is 1.00. The number of hydrogen-bond donors (Lipinski definition) is 21. The van der Waals surface area contributed by atoms with Crippen LogP contribution in [0.1, 0.15) is 6.92 Å². The second kappa shape index (κ2) is 28.2. The van der Waals surface area contributed by atoms with Crippen LogP contribution in [0.4, 0.5) is 0 Å². The molecule has 14 bridgehead atoms. The highest BCUT2D eigenvalue weighted by molar-refractivity contribution is 5.02. The van der Waals surface area contributed by atoms with E-state index in [1.54, 1.807) is 0 Å². The van der Waals surface area contributed by atoms with Crippen molar-refractivity contribution in [2.24, 2.45) is 0 Å². The Morgan fingerprint density at radius 1 is 0.259 bits per heavy atom. The van der Waals surface area contributed by atoms with E-state index in [4.69, 9.17) is 71.1 Å². The van der Waals surface area contributed by atoms with Crippen molar-refractivity contribution in [2.45, 2.75) is 228 Å². The van der Waals surface area contributed by atoms with Gasteiger partial charge >= 0.3 is 0 Å². The maximum absolute atomic E-state index is 11.9. The van der Waals surface area contributed by atoms with Crippen molar-refractivity contribution in [3.8, 4) is 0 Å². The summed E-state index contributed by atoms with van der Waals surface area (Å²) in [7, 11) is 0. The van der Waals surface area contributed by atoms with Gasteiger partial charge in [-0.15, -0.1) is 0 Å². The van der Waals surface area contributed by atoms with E-state index in [0.29, 0.717) is 0 Å². The molecule has 15 rings (SSSR count). The highest BCUT2D eigenvalue weighted by atomic mass is 16.8. The lowest BCUT2D eigenvalue weighted by atomic mass is 9.95. The number of rotatable bonds is 10. The van der Waals surface area contributed by atoms with Crippen LogP contribution >= 0.6 is 0 Å². The summed E-state index contributed by atoms with van der Waals surface area (Å²) in [5, 5.41) is 232. The smallest absolute Gasteiger partial charge is 0.187 e. The van der Waals surface area contributed by atoms with Gasteiger partial charge < -0.3 is 178 Å². The number of hydrogen-bond acceptors (Lipinski definition) is 36. The van der Waals surface area contributed by atoms with Crippen LogP contribution in [0, 0.1) is 0 Å². The van der Waals surface area contributed by atoms with E-state index < -0.39 is 274 Å². The van der Waals surface area contributed by atoms with Gasteiger partial charge in [0.25, 0.3) is 0 Å². The Labute approximate surface area is 458 Å². The van der Waals surface area contributed by atoms with Crippen molar-refractivity contribution < 1.29 is 178 Å². The number of ether oxygens (including phenoxy) is 15. The molecule has 0 unspecified atom stereocenters. The monoisotopic (exact) mass is 1190 g/mol. The SMILES string of the molecule is C[C@H](O)CO[C@H]1[C@H]2O[C@H]3[C@H](O)[C@@H](O)[C@@H](O[C@H]4[C@H](O)[C@@H](O)[C@@H](O[C@H]5[C@H](O)[C@@H](O)[C@@H](O[C@H]6[C@H](O)[C@@H](O)[C@@H](O[C@H]7[C@H](O)[C@@H](O)[C@@H](O[C@H]8[C@H](O)[C@@H](O)[C@@H](O[C@@H]([C@@H]1O)[C@@H](CO)O2)O[C@@H]8CO)O[C@@H]7CO)O[C@@H]6CO)O[C@@H]5CO)O[C@@H]4CO)O[C@@H]3CO. The molecule has 15 heterocycles. The van der Waals surface area contributed by atoms with Gasteiger partial charge in [-0.05, 0) is 6.92 Å². The molecule has 15 aliphatic rings. The minimum atomic E-state index is -2.21. The summed E-state index contributed by atoms with van der Waals surface area (Å²) in [6, 6.07) is 0. The molecule has 15 fully saturated rings. The van der Waals surface area contributed by atoms with E-state index in [0.717, 1.165) is 0 Å². The molecule has 0 spiro atoms. The molecule has 36 nitrogen and oxygen atoms in total. The number of fused-ring (bicyclic) bond motifs is 7. The molecule has 36 atom stereocenters. The number of aliphatic hydroxyl groups is 21. The van der Waals surface area contributed by atoms with E-state index in [1.807, 2.05) is 0 Å². The zero-order chi connectivity index (χ0) is 59.0. The molecule has 15 saturated heterocycles. The molecule has 0 radical (unpaired) electrons. The van der Waals surface area contributed by atoms with Gasteiger partial charge in [-0.25, -0.2) is 0 Å². The molecule has 15 aliphatic heterocycles. The standard InChI is InChI=1S/C45H76O36/c1-10(53)9-67-38-30(66)37-17(8-52)74-45(38)81-36-16(7-51)73-43(29(65)23(36)59)79-34-14(5-49)71-41(27(63)21(34)57)77-32-12(3-47)69-39(25(61)19(32)55)75-31-11(2-46)68-40(24(60)18(31)54)76-33-13(4-48)70-42(26(62)20(33)56)78-35-15(6-50)72-44(80-37)28(64)22(35)58/h10-66H,2-9H2,1H3/t10-,11+,12+,13+,14+,15+,16+,17+,18+,19+,20+,21+,22+,23+,24+,25+,26+,27+,28+,29+,30-,31+,32+,33+,34+,35+,36+,37+,38+,39+,40+,41+,42+,43+,44+,45+/m0/s1. The van der Waals surface area contributed by atoms with Gasteiger partial charge in [-0.2, -0.15) is 0 Å². The van der Waals surface area contributed by atoms with Crippen LogP contribution in [0.2, 0.25) is 0 Å². The zero-order valence-corrected chi connectivity index (χ0v) is 43.0. The van der Waals surface area contributed by atoms with E-state index in [2.05, 4.69) is 0 Å². The first-order valence-corrected chi connectivity index (χ1v) is 26.1. The van der Waals surface area contributed by atoms with E-state index >= 15 is 0 Å². The second-order valence-electron chi connectivity index (χ2n) is 20.8. The third-order valence-corrected chi connectivity index (χ3v) is 15.3. The Morgan fingerprint density at radius 3 is 0.617 bits per heavy atom. The predicted octanol–water partition coefficient (Wildman–Crippen LogP) is -14.8. The summed E-state index contributed by atoms with van der Waals surface area (Å²) in [6.07, 6.45) is -70.9. The molecule has 0 amide bonds. The van der Waals surface area contributed by atoms with Crippen LogP contribution in [0.25, 0.3) is 0 Å². The lowest BCUT2D eigenvalue weighted by Gasteiger charge is -2.50. The topological polar surface area (TPSA) is 563 Å². The molecule has 0 aromatic carbocycles. The van der Waals surface area contributed by atoms with Gasteiger partial charge in [-0.3, -0.25) is 0 Å². The molecular weight excluding hydrogens is 1120 g/mol. The van der Waals surface area contributed by atoms with Gasteiger partial charge in [0.1, 0.15) is 171 Å². The second-order valence-corrected chi connectivity index (χ2v) is 20.8. The first-order valence-electron chi connectivity index (χ1n) is 26.1. The molecule has 0 aromatic rings. The molecule has 0 saturated carbocycles. The van der Waals surface area contributed by atoms with Gasteiger partial charge in [0.2, 0.25) is 0 Å². The fourth-order valence-corrected chi connectivity index (χ4v) is 10.8. The Morgan fingerprint density at radius 2 is 0.432 bits per heavy atom. The van der Waals surface area contributed by atoms with Crippen LogP contribution in [0.15, 0.2) is 0 Å². The number of aliphatic hydroxyl groups excluding tert-OH is 21. The fourth-order valence-electron chi connectivity index (χ4n) is 10.8. The van der Waals surface area contributed by atoms with Crippen LogP contribution < -0.4 is 0 Å². The lowest BCUT2D eigenvalue weighted by Crippen LogP contribution is -2.68. The van der Waals surface area contributed by atoms with Gasteiger partial charge in [0.05, 0.1) is 59.0 Å². The van der Waals surface area contributed by atoms with Crippen LogP contribution in [0.5, 0.6) is 0 Å². The van der Waals surface area contributed by atoms with E-state index in [1.165, 1.54) is 6.92 Å². The molecule has 0 aliphatic carbocycles. The van der Waals surface area contributed by atoms with Crippen molar-refractivity contribution in [3.05, 3.63) is 0 Å². The van der Waals surface area contributed by atoms with Crippen LogP contribution in [0.3, 0.4) is 0 Å². The maximum Gasteiger partial charge on any atom is 0.187 e. The Balaban J connectivity index is 1.10. The summed E-state index contributed by atoms with van der Waals surface area (Å²) in [5.41, 5.74) is 0. The lowest BCUT2D eigenvalue weighted by molar-refractivity contribution is -0.398. The van der Waals surface area contributed by atoms with Gasteiger partial charge in [0.15, 0.2) is 44.0 Å². The highest BCUT2D eigenvalue weighted by Crippen LogP contribution is 2.39.